The van der Waals surface area contributed by atoms with Crippen molar-refractivity contribution < 1.29 is 8.42 Å². The molecule has 118 valence electrons. The van der Waals surface area contributed by atoms with Gasteiger partial charge in [0.15, 0.2) is 0 Å². The molecule has 0 atom stereocenters. The van der Waals surface area contributed by atoms with Crippen LogP contribution in [0.3, 0.4) is 0 Å². The molecule has 1 aromatic carbocycles. The van der Waals surface area contributed by atoms with Gasteiger partial charge >= 0.3 is 0 Å². The van der Waals surface area contributed by atoms with Gasteiger partial charge in [-0.25, -0.2) is 8.42 Å². The Balaban J connectivity index is 2.21. The second-order valence-electron chi connectivity index (χ2n) is 5.37. The largest absolute Gasteiger partial charge is 0.398 e. The molecule has 0 bridgehead atoms. The van der Waals surface area contributed by atoms with Crippen LogP contribution in [0, 0.1) is 0 Å². The van der Waals surface area contributed by atoms with Crippen LogP contribution in [0.2, 0.25) is 0 Å². The highest BCUT2D eigenvalue weighted by Gasteiger charge is 2.31. The number of likely N-dealkylation sites (tertiary alicyclic amines) is 1. The SMILES string of the molecule is CCN1CCC(N(C)S(=O)(=O)c2cc(Br)ccc2N)CC1. The summed E-state index contributed by atoms with van der Waals surface area (Å²) in [5.74, 6) is 0. The molecule has 2 rings (SSSR count). The average Bonchev–Trinajstić information content (AvgIpc) is 2.49. The molecule has 0 aromatic heterocycles. The lowest BCUT2D eigenvalue weighted by Gasteiger charge is -2.35. The summed E-state index contributed by atoms with van der Waals surface area (Å²) >= 11 is 3.31. The maximum atomic E-state index is 12.8. The third-order valence-electron chi connectivity index (χ3n) is 4.15. The molecular formula is C14H22BrN3O2S. The summed E-state index contributed by atoms with van der Waals surface area (Å²) < 4.78 is 27.7. The lowest BCUT2D eigenvalue weighted by Crippen LogP contribution is -2.45. The number of halogens is 1. The van der Waals surface area contributed by atoms with E-state index in [0.29, 0.717) is 4.47 Å². The number of nitrogens with two attached hydrogens (primary N) is 1. The molecule has 1 aliphatic rings. The molecule has 1 heterocycles. The standard InChI is InChI=1S/C14H22BrN3O2S/c1-3-18-8-6-12(7-9-18)17(2)21(19,20)14-10-11(15)4-5-13(14)16/h4-5,10,12H,3,6-9,16H2,1-2H3. The first-order chi connectivity index (χ1) is 9.86. The Bertz CT molecular complexity index is 598. The van der Waals surface area contributed by atoms with Gasteiger partial charge in [0.1, 0.15) is 4.90 Å². The third kappa shape index (κ3) is 3.59. The predicted molar refractivity (Wildman–Crippen MR) is 88.6 cm³/mol. The summed E-state index contributed by atoms with van der Waals surface area (Å²) in [7, 11) is -1.90. The van der Waals surface area contributed by atoms with Gasteiger partial charge in [0.2, 0.25) is 10.0 Å². The summed E-state index contributed by atoms with van der Waals surface area (Å²) in [5.41, 5.74) is 6.14. The second kappa shape index (κ2) is 6.64. The van der Waals surface area contributed by atoms with Crippen molar-refractivity contribution in [3.8, 4) is 0 Å². The minimum absolute atomic E-state index is 0.0381. The van der Waals surface area contributed by atoms with Gasteiger partial charge in [-0.1, -0.05) is 22.9 Å². The van der Waals surface area contributed by atoms with Crippen LogP contribution in [0.5, 0.6) is 0 Å². The number of rotatable bonds is 4. The molecule has 1 aliphatic heterocycles. The summed E-state index contributed by atoms with van der Waals surface area (Å²) in [6.45, 7) is 5.02. The minimum Gasteiger partial charge on any atom is -0.398 e. The van der Waals surface area contributed by atoms with Gasteiger partial charge in [-0.2, -0.15) is 4.31 Å². The fourth-order valence-electron chi connectivity index (χ4n) is 2.68. The van der Waals surface area contributed by atoms with Crippen LogP contribution in [0.1, 0.15) is 19.8 Å². The van der Waals surface area contributed by atoms with Gasteiger partial charge in [-0.3, -0.25) is 0 Å². The number of benzene rings is 1. The van der Waals surface area contributed by atoms with Crippen molar-refractivity contribution in [2.75, 3.05) is 32.4 Å². The van der Waals surface area contributed by atoms with Crippen molar-refractivity contribution in [1.29, 1.82) is 0 Å². The maximum absolute atomic E-state index is 12.8. The Kier molecular flexibility index (Phi) is 5.29. The van der Waals surface area contributed by atoms with Crippen LogP contribution in [0.15, 0.2) is 27.6 Å². The third-order valence-corrected chi connectivity index (χ3v) is 6.61. The Hall–Kier alpha value is -0.630. The molecule has 5 nitrogen and oxygen atoms in total. The van der Waals surface area contributed by atoms with Crippen molar-refractivity contribution in [3.63, 3.8) is 0 Å². The number of anilines is 1. The van der Waals surface area contributed by atoms with E-state index in [1.807, 2.05) is 0 Å². The first-order valence-corrected chi connectivity index (χ1v) is 9.35. The first kappa shape index (κ1) is 16.7. The van der Waals surface area contributed by atoms with E-state index < -0.39 is 10.0 Å². The highest BCUT2D eigenvalue weighted by molar-refractivity contribution is 9.10. The number of sulfonamides is 1. The van der Waals surface area contributed by atoms with Gasteiger partial charge in [-0.05, 0) is 50.7 Å². The highest BCUT2D eigenvalue weighted by Crippen LogP contribution is 2.28. The summed E-state index contributed by atoms with van der Waals surface area (Å²) in [6, 6.07) is 4.97. The fourth-order valence-corrected chi connectivity index (χ4v) is 4.75. The smallest absolute Gasteiger partial charge is 0.245 e. The van der Waals surface area contributed by atoms with E-state index in [0.717, 1.165) is 32.5 Å². The summed E-state index contributed by atoms with van der Waals surface area (Å²) in [4.78, 5) is 2.52. The van der Waals surface area contributed by atoms with Gasteiger partial charge < -0.3 is 10.6 Å². The van der Waals surface area contributed by atoms with E-state index in [9.17, 15) is 8.42 Å². The van der Waals surface area contributed by atoms with Crippen LogP contribution in [0.4, 0.5) is 5.69 Å². The number of hydrogen-bond donors (Lipinski definition) is 1. The molecule has 1 fully saturated rings. The zero-order valence-electron chi connectivity index (χ0n) is 12.4. The van der Waals surface area contributed by atoms with Crippen molar-refractivity contribution in [2.24, 2.45) is 0 Å². The van der Waals surface area contributed by atoms with E-state index in [1.165, 1.54) is 4.31 Å². The Morgan fingerprint density at radius 2 is 2.00 bits per heavy atom. The average molecular weight is 376 g/mol. The van der Waals surface area contributed by atoms with Crippen LogP contribution in [0.25, 0.3) is 0 Å². The molecule has 1 saturated heterocycles. The number of hydrogen-bond acceptors (Lipinski definition) is 4. The summed E-state index contributed by atoms with van der Waals surface area (Å²) in [5, 5.41) is 0. The monoisotopic (exact) mass is 375 g/mol. The molecular weight excluding hydrogens is 354 g/mol. The van der Waals surface area contributed by atoms with Crippen LogP contribution < -0.4 is 5.73 Å². The normalized spacial score (nSPS) is 18.3. The first-order valence-electron chi connectivity index (χ1n) is 7.11. The number of piperidine rings is 1. The molecule has 0 spiro atoms. The van der Waals surface area contributed by atoms with Gasteiger partial charge in [0.05, 0.1) is 5.69 Å². The van der Waals surface area contributed by atoms with Crippen molar-refractivity contribution in [1.82, 2.24) is 9.21 Å². The van der Waals surface area contributed by atoms with E-state index in [2.05, 4.69) is 27.8 Å². The van der Waals surface area contributed by atoms with Gasteiger partial charge in [0, 0.05) is 17.6 Å². The second-order valence-corrected chi connectivity index (χ2v) is 8.25. The topological polar surface area (TPSA) is 66.6 Å². The maximum Gasteiger partial charge on any atom is 0.245 e. The molecule has 7 heteroatoms. The lowest BCUT2D eigenvalue weighted by molar-refractivity contribution is 0.176. The quantitative estimate of drug-likeness (QED) is 0.818. The van der Waals surface area contributed by atoms with E-state index in [4.69, 9.17) is 5.73 Å². The highest BCUT2D eigenvalue weighted by atomic mass is 79.9. The minimum atomic E-state index is -3.56. The van der Waals surface area contributed by atoms with Crippen LogP contribution >= 0.6 is 15.9 Å². The van der Waals surface area contributed by atoms with Crippen LogP contribution in [-0.2, 0) is 10.0 Å². The van der Waals surface area contributed by atoms with Gasteiger partial charge in [0.25, 0.3) is 0 Å². The molecule has 0 amide bonds. The molecule has 0 aliphatic carbocycles. The van der Waals surface area contributed by atoms with Gasteiger partial charge in [-0.15, -0.1) is 0 Å². The molecule has 1 aromatic rings. The van der Waals surface area contributed by atoms with E-state index >= 15 is 0 Å². The molecule has 0 saturated carbocycles. The zero-order valence-corrected chi connectivity index (χ0v) is 14.8. The number of nitrogens with zero attached hydrogens (tertiary/aromatic N) is 2. The lowest BCUT2D eigenvalue weighted by atomic mass is 10.1. The Labute approximate surface area is 135 Å². The fraction of sp³-hybridized carbons (Fsp3) is 0.571. The van der Waals surface area contributed by atoms with Crippen molar-refractivity contribution >= 4 is 31.6 Å². The predicted octanol–water partition coefficient (Wildman–Crippen LogP) is 2.14. The van der Waals surface area contributed by atoms with Crippen molar-refractivity contribution in [2.45, 2.75) is 30.7 Å². The van der Waals surface area contributed by atoms with Crippen molar-refractivity contribution in [3.05, 3.63) is 22.7 Å². The van der Waals surface area contributed by atoms with E-state index in [1.54, 1.807) is 25.2 Å². The zero-order chi connectivity index (χ0) is 15.6. The molecule has 2 N–H and O–H groups in total. The molecule has 21 heavy (non-hydrogen) atoms. The molecule has 0 radical (unpaired) electrons. The Morgan fingerprint density at radius 1 is 1.38 bits per heavy atom. The Morgan fingerprint density at radius 3 is 2.57 bits per heavy atom. The molecule has 0 unspecified atom stereocenters. The number of nitrogen functional groups attached to an aromatic ring is 1. The van der Waals surface area contributed by atoms with Crippen LogP contribution in [-0.4, -0.2) is 50.3 Å². The summed E-state index contributed by atoms with van der Waals surface area (Å²) in [6.07, 6.45) is 1.72. The van der Waals surface area contributed by atoms with E-state index in [-0.39, 0.29) is 16.6 Å².